The summed E-state index contributed by atoms with van der Waals surface area (Å²) in [6, 6.07) is 9.39. The summed E-state index contributed by atoms with van der Waals surface area (Å²) in [6.07, 6.45) is 1.67. The summed E-state index contributed by atoms with van der Waals surface area (Å²) in [5, 5.41) is 12.4. The van der Waals surface area contributed by atoms with Gasteiger partial charge in [0.2, 0.25) is 15.9 Å². The molecule has 0 saturated heterocycles. The summed E-state index contributed by atoms with van der Waals surface area (Å²) >= 11 is 0. The number of carbonyl (C=O) groups excluding carboxylic acids is 1. The molecule has 0 fully saturated rings. The second-order valence-corrected chi connectivity index (χ2v) is 8.79. The molecule has 1 heterocycles. The Morgan fingerprint density at radius 2 is 1.90 bits per heavy atom. The molecule has 0 aliphatic heterocycles. The maximum Gasteiger partial charge on any atom is 0.242 e. The molecule has 0 aliphatic rings. The van der Waals surface area contributed by atoms with Gasteiger partial charge in [0.15, 0.2) is 11.7 Å². The lowest BCUT2D eigenvalue weighted by molar-refractivity contribution is -0.116. The highest BCUT2D eigenvalue weighted by atomic mass is 32.2. The predicted octanol–water partition coefficient (Wildman–Crippen LogP) is 3.01. The molecule has 10 heteroatoms. The monoisotopic (exact) mass is 433 g/mol. The second-order valence-electron chi connectivity index (χ2n) is 6.64. The molecule has 30 heavy (non-hydrogen) atoms. The molecule has 8 nitrogen and oxygen atoms in total. The number of aromatic nitrogens is 1. The van der Waals surface area contributed by atoms with E-state index in [0.29, 0.717) is 17.2 Å². The molecule has 0 bridgehead atoms. The standard InChI is InChI=1S/C20H20FN3O5S/c1-24(2)30(27,28)15-7-8-17(25)16(11-15)23-19(26)9-10-20-22-12-18(29-20)13-3-5-14(21)6-4-13/h3-8,11-12,25H,9-10H2,1-2H3,(H,23,26). The third-order valence-electron chi connectivity index (χ3n) is 4.27. The first-order valence-electron chi connectivity index (χ1n) is 8.93. The number of benzene rings is 2. The van der Waals surface area contributed by atoms with E-state index in [1.54, 1.807) is 12.1 Å². The van der Waals surface area contributed by atoms with Crippen LogP contribution in [-0.4, -0.2) is 42.8 Å². The van der Waals surface area contributed by atoms with Gasteiger partial charge in [-0.15, -0.1) is 0 Å². The summed E-state index contributed by atoms with van der Waals surface area (Å²) in [5.74, 6) is -0.301. The average Bonchev–Trinajstić information content (AvgIpc) is 3.17. The second kappa shape index (κ2) is 8.64. The molecule has 3 aromatic rings. The third kappa shape index (κ3) is 4.84. The predicted molar refractivity (Wildman–Crippen MR) is 108 cm³/mol. The Bertz CT molecular complexity index is 1160. The van der Waals surface area contributed by atoms with Crippen LogP contribution in [0.15, 0.2) is 58.0 Å². The normalized spacial score (nSPS) is 11.6. The van der Waals surface area contributed by atoms with Crippen molar-refractivity contribution in [1.29, 1.82) is 0 Å². The maximum absolute atomic E-state index is 13.0. The van der Waals surface area contributed by atoms with Crippen molar-refractivity contribution in [2.45, 2.75) is 17.7 Å². The summed E-state index contributed by atoms with van der Waals surface area (Å²) < 4.78 is 44.1. The van der Waals surface area contributed by atoms with E-state index < -0.39 is 15.9 Å². The molecule has 0 aliphatic carbocycles. The number of phenols is 1. The zero-order chi connectivity index (χ0) is 21.9. The van der Waals surface area contributed by atoms with Crippen molar-refractivity contribution in [3.63, 3.8) is 0 Å². The van der Waals surface area contributed by atoms with Crippen LogP contribution in [0.4, 0.5) is 10.1 Å². The molecule has 1 aromatic heterocycles. The van der Waals surface area contributed by atoms with E-state index in [0.717, 1.165) is 4.31 Å². The lowest BCUT2D eigenvalue weighted by atomic mass is 10.2. The van der Waals surface area contributed by atoms with Gasteiger partial charge in [-0.25, -0.2) is 22.1 Å². The minimum absolute atomic E-state index is 0.00648. The number of nitrogens with one attached hydrogen (secondary N) is 1. The molecule has 2 N–H and O–H groups in total. The summed E-state index contributed by atoms with van der Waals surface area (Å²) in [4.78, 5) is 16.3. The molecule has 0 radical (unpaired) electrons. The van der Waals surface area contributed by atoms with Crippen molar-refractivity contribution >= 4 is 21.6 Å². The fourth-order valence-electron chi connectivity index (χ4n) is 2.59. The highest BCUT2D eigenvalue weighted by Crippen LogP contribution is 2.28. The van der Waals surface area contributed by atoms with Crippen LogP contribution in [0.1, 0.15) is 12.3 Å². The van der Waals surface area contributed by atoms with Crippen LogP contribution in [0.5, 0.6) is 5.75 Å². The molecule has 158 valence electrons. The van der Waals surface area contributed by atoms with Crippen LogP contribution in [0.2, 0.25) is 0 Å². The van der Waals surface area contributed by atoms with E-state index in [4.69, 9.17) is 4.42 Å². The molecular formula is C20H20FN3O5S. The number of anilines is 1. The van der Waals surface area contributed by atoms with Gasteiger partial charge in [-0.3, -0.25) is 4.79 Å². The maximum atomic E-state index is 13.0. The topological polar surface area (TPSA) is 113 Å². The molecule has 3 rings (SSSR count). The minimum atomic E-state index is -3.71. The van der Waals surface area contributed by atoms with E-state index in [2.05, 4.69) is 10.3 Å². The summed E-state index contributed by atoms with van der Waals surface area (Å²) in [7, 11) is -0.939. The Morgan fingerprint density at radius 1 is 1.20 bits per heavy atom. The van der Waals surface area contributed by atoms with Crippen LogP contribution in [0, 0.1) is 5.82 Å². The van der Waals surface area contributed by atoms with Gasteiger partial charge in [-0.05, 0) is 42.5 Å². The molecular weight excluding hydrogens is 413 g/mol. The molecule has 0 unspecified atom stereocenters. The number of aromatic hydroxyl groups is 1. The number of hydrogen-bond acceptors (Lipinski definition) is 6. The van der Waals surface area contributed by atoms with Crippen LogP contribution >= 0.6 is 0 Å². The highest BCUT2D eigenvalue weighted by Gasteiger charge is 2.19. The van der Waals surface area contributed by atoms with Crippen molar-refractivity contribution < 1.29 is 27.1 Å². The van der Waals surface area contributed by atoms with Crippen LogP contribution in [-0.2, 0) is 21.2 Å². The molecule has 0 atom stereocenters. The third-order valence-corrected chi connectivity index (χ3v) is 6.08. The zero-order valence-corrected chi connectivity index (χ0v) is 17.1. The smallest absolute Gasteiger partial charge is 0.242 e. The van der Waals surface area contributed by atoms with Gasteiger partial charge in [0.1, 0.15) is 11.6 Å². The number of nitrogens with zero attached hydrogens (tertiary/aromatic N) is 2. The Morgan fingerprint density at radius 3 is 2.57 bits per heavy atom. The first-order valence-corrected chi connectivity index (χ1v) is 10.4. The van der Waals surface area contributed by atoms with Gasteiger partial charge in [0.05, 0.1) is 16.8 Å². The van der Waals surface area contributed by atoms with E-state index in [9.17, 15) is 22.7 Å². The van der Waals surface area contributed by atoms with Crippen molar-refractivity contribution in [2.24, 2.45) is 0 Å². The number of halogens is 1. The van der Waals surface area contributed by atoms with Gasteiger partial charge in [0, 0.05) is 32.5 Å². The van der Waals surface area contributed by atoms with Crippen molar-refractivity contribution in [3.8, 4) is 17.1 Å². The Hall–Kier alpha value is -3.24. The quantitative estimate of drug-likeness (QED) is 0.554. The van der Waals surface area contributed by atoms with Gasteiger partial charge >= 0.3 is 0 Å². The Kier molecular flexibility index (Phi) is 6.18. The van der Waals surface area contributed by atoms with E-state index in [1.807, 2.05) is 0 Å². The number of phenolic OH excluding ortho intramolecular Hbond substituents is 1. The first kappa shape index (κ1) is 21.5. The van der Waals surface area contributed by atoms with Crippen LogP contribution in [0.25, 0.3) is 11.3 Å². The number of sulfonamides is 1. The lowest BCUT2D eigenvalue weighted by Gasteiger charge is -2.13. The van der Waals surface area contributed by atoms with Gasteiger partial charge < -0.3 is 14.8 Å². The largest absolute Gasteiger partial charge is 0.506 e. The highest BCUT2D eigenvalue weighted by molar-refractivity contribution is 7.89. The number of hydrogen-bond donors (Lipinski definition) is 2. The Labute approximate surface area is 173 Å². The minimum Gasteiger partial charge on any atom is -0.506 e. The molecule has 0 spiro atoms. The van der Waals surface area contributed by atoms with Gasteiger partial charge in [-0.1, -0.05) is 0 Å². The molecule has 2 aromatic carbocycles. The summed E-state index contributed by atoms with van der Waals surface area (Å²) in [5.41, 5.74) is 0.644. The number of rotatable bonds is 7. The SMILES string of the molecule is CN(C)S(=O)(=O)c1ccc(O)c(NC(=O)CCc2ncc(-c3ccc(F)cc3)o2)c1. The summed E-state index contributed by atoms with van der Waals surface area (Å²) in [6.45, 7) is 0. The zero-order valence-electron chi connectivity index (χ0n) is 16.3. The van der Waals surface area contributed by atoms with Crippen molar-refractivity contribution in [2.75, 3.05) is 19.4 Å². The number of carbonyl (C=O) groups is 1. The lowest BCUT2D eigenvalue weighted by Crippen LogP contribution is -2.22. The fraction of sp³-hybridized carbons (Fsp3) is 0.200. The van der Waals surface area contributed by atoms with Crippen LogP contribution < -0.4 is 5.32 Å². The van der Waals surface area contributed by atoms with E-state index in [-0.39, 0.29) is 35.0 Å². The van der Waals surface area contributed by atoms with Gasteiger partial charge in [-0.2, -0.15) is 0 Å². The number of aryl methyl sites for hydroxylation is 1. The van der Waals surface area contributed by atoms with E-state index in [1.165, 1.54) is 50.6 Å². The van der Waals surface area contributed by atoms with Crippen molar-refractivity contribution in [1.82, 2.24) is 9.29 Å². The molecule has 0 saturated carbocycles. The van der Waals surface area contributed by atoms with E-state index >= 15 is 0 Å². The fourth-order valence-corrected chi connectivity index (χ4v) is 3.52. The Balaban J connectivity index is 1.65. The average molecular weight is 433 g/mol. The molecule has 1 amide bonds. The first-order chi connectivity index (χ1) is 14.2. The number of amides is 1. The van der Waals surface area contributed by atoms with Crippen LogP contribution in [0.3, 0.4) is 0 Å². The number of oxazole rings is 1. The van der Waals surface area contributed by atoms with Gasteiger partial charge in [0.25, 0.3) is 0 Å². The van der Waals surface area contributed by atoms with Crippen molar-refractivity contribution in [3.05, 3.63) is 60.4 Å².